The number of esters is 1. The Balaban J connectivity index is 1.72. The monoisotopic (exact) mass is 372 g/mol. The standard InChI is InChI=1S/C19H24N4O4/c1-3-26-16(24)12-20-19(25)23-10-5-4-9-15(23)18-21-17(22-27-18)14-8-6-7-13(2)11-14/h6-8,11,15H,3-5,9-10,12H2,1-2H3,(H,20,25). The number of amides is 2. The van der Waals surface area contributed by atoms with E-state index in [2.05, 4.69) is 15.5 Å². The molecular weight excluding hydrogens is 348 g/mol. The molecule has 1 saturated heterocycles. The molecule has 2 amide bonds. The number of aryl methyl sites for hydroxylation is 1. The lowest BCUT2D eigenvalue weighted by molar-refractivity contribution is -0.141. The van der Waals surface area contributed by atoms with E-state index in [0.717, 1.165) is 30.4 Å². The molecule has 1 atom stereocenters. The van der Waals surface area contributed by atoms with Gasteiger partial charge in [0.2, 0.25) is 11.7 Å². The van der Waals surface area contributed by atoms with Crippen molar-refractivity contribution in [2.75, 3.05) is 19.7 Å². The Morgan fingerprint density at radius 3 is 3.00 bits per heavy atom. The van der Waals surface area contributed by atoms with E-state index in [1.807, 2.05) is 31.2 Å². The first-order valence-electron chi connectivity index (χ1n) is 9.19. The quantitative estimate of drug-likeness (QED) is 0.811. The van der Waals surface area contributed by atoms with E-state index in [9.17, 15) is 9.59 Å². The molecule has 8 nitrogen and oxygen atoms in total. The lowest BCUT2D eigenvalue weighted by Crippen LogP contribution is -2.46. The first-order valence-corrected chi connectivity index (χ1v) is 9.19. The van der Waals surface area contributed by atoms with Crippen LogP contribution in [0.2, 0.25) is 0 Å². The number of nitrogens with one attached hydrogen (secondary N) is 1. The van der Waals surface area contributed by atoms with Gasteiger partial charge in [0.05, 0.1) is 6.61 Å². The summed E-state index contributed by atoms with van der Waals surface area (Å²) in [5, 5.41) is 6.68. The van der Waals surface area contributed by atoms with Crippen LogP contribution in [0.5, 0.6) is 0 Å². The van der Waals surface area contributed by atoms with Crippen LogP contribution in [0.15, 0.2) is 28.8 Å². The van der Waals surface area contributed by atoms with E-state index in [1.165, 1.54) is 0 Å². The number of rotatable bonds is 5. The van der Waals surface area contributed by atoms with Crippen LogP contribution < -0.4 is 5.32 Å². The van der Waals surface area contributed by atoms with Gasteiger partial charge in [-0.15, -0.1) is 0 Å². The summed E-state index contributed by atoms with van der Waals surface area (Å²) < 4.78 is 10.3. The molecule has 1 aliphatic rings. The van der Waals surface area contributed by atoms with E-state index in [4.69, 9.17) is 9.26 Å². The van der Waals surface area contributed by atoms with Crippen molar-refractivity contribution in [1.82, 2.24) is 20.4 Å². The van der Waals surface area contributed by atoms with Crippen molar-refractivity contribution in [3.8, 4) is 11.4 Å². The maximum atomic E-state index is 12.5. The molecule has 2 heterocycles. The Morgan fingerprint density at radius 2 is 2.22 bits per heavy atom. The summed E-state index contributed by atoms with van der Waals surface area (Å²) in [7, 11) is 0. The molecule has 1 fully saturated rings. The summed E-state index contributed by atoms with van der Waals surface area (Å²) in [5.74, 6) is 0.461. The number of carbonyl (C=O) groups excluding carboxylic acids is 2. The maximum Gasteiger partial charge on any atom is 0.325 e. The predicted octanol–water partition coefficient (Wildman–Crippen LogP) is 2.84. The fourth-order valence-electron chi connectivity index (χ4n) is 3.16. The number of ether oxygens (including phenoxy) is 1. The van der Waals surface area contributed by atoms with Crippen LogP contribution >= 0.6 is 0 Å². The van der Waals surface area contributed by atoms with Crippen molar-refractivity contribution in [2.45, 2.75) is 39.2 Å². The Morgan fingerprint density at radius 1 is 1.37 bits per heavy atom. The Hall–Kier alpha value is -2.90. The van der Waals surface area contributed by atoms with Crippen LogP contribution in [0.1, 0.15) is 43.7 Å². The second-order valence-corrected chi connectivity index (χ2v) is 6.49. The van der Waals surface area contributed by atoms with Gasteiger partial charge in [0, 0.05) is 12.1 Å². The molecule has 0 saturated carbocycles. The summed E-state index contributed by atoms with van der Waals surface area (Å²) in [6, 6.07) is 7.22. The summed E-state index contributed by atoms with van der Waals surface area (Å²) in [5.41, 5.74) is 1.98. The topological polar surface area (TPSA) is 97.6 Å². The minimum absolute atomic E-state index is 0.158. The highest BCUT2D eigenvalue weighted by Gasteiger charge is 2.32. The molecule has 8 heteroatoms. The second-order valence-electron chi connectivity index (χ2n) is 6.49. The third-order valence-corrected chi connectivity index (χ3v) is 4.46. The van der Waals surface area contributed by atoms with E-state index in [-0.39, 0.29) is 25.2 Å². The Bertz CT molecular complexity index is 805. The predicted molar refractivity (Wildman–Crippen MR) is 97.8 cm³/mol. The van der Waals surface area contributed by atoms with E-state index >= 15 is 0 Å². The molecule has 144 valence electrons. The van der Waals surface area contributed by atoms with Gasteiger partial charge in [0.15, 0.2) is 0 Å². The number of benzene rings is 1. The third kappa shape index (κ3) is 4.64. The number of aromatic nitrogens is 2. The van der Waals surface area contributed by atoms with Crippen LogP contribution in [-0.4, -0.2) is 46.7 Å². The van der Waals surface area contributed by atoms with Crippen molar-refractivity contribution >= 4 is 12.0 Å². The lowest BCUT2D eigenvalue weighted by atomic mass is 10.0. The van der Waals surface area contributed by atoms with Gasteiger partial charge in [-0.2, -0.15) is 4.98 Å². The van der Waals surface area contributed by atoms with Crippen molar-refractivity contribution in [3.63, 3.8) is 0 Å². The zero-order valence-corrected chi connectivity index (χ0v) is 15.6. The van der Waals surface area contributed by atoms with Crippen molar-refractivity contribution in [2.24, 2.45) is 0 Å². The van der Waals surface area contributed by atoms with Gasteiger partial charge in [-0.05, 0) is 39.2 Å². The summed E-state index contributed by atoms with van der Waals surface area (Å²) in [6.45, 7) is 4.42. The Labute approximate surface area is 157 Å². The van der Waals surface area contributed by atoms with Crippen molar-refractivity contribution in [1.29, 1.82) is 0 Å². The molecule has 1 aromatic carbocycles. The van der Waals surface area contributed by atoms with Gasteiger partial charge >= 0.3 is 12.0 Å². The summed E-state index contributed by atoms with van der Waals surface area (Å²) >= 11 is 0. The minimum Gasteiger partial charge on any atom is -0.465 e. The molecule has 1 N–H and O–H groups in total. The molecule has 3 rings (SSSR count). The average molecular weight is 372 g/mol. The van der Waals surface area contributed by atoms with Gasteiger partial charge in [-0.25, -0.2) is 4.79 Å². The molecule has 1 aliphatic heterocycles. The number of hydrogen-bond donors (Lipinski definition) is 1. The number of piperidine rings is 1. The molecule has 27 heavy (non-hydrogen) atoms. The molecule has 1 unspecified atom stereocenters. The highest BCUT2D eigenvalue weighted by molar-refractivity contribution is 5.81. The second kappa shape index (κ2) is 8.66. The molecule has 0 radical (unpaired) electrons. The highest BCUT2D eigenvalue weighted by atomic mass is 16.5. The molecule has 0 aliphatic carbocycles. The van der Waals surface area contributed by atoms with Gasteiger partial charge < -0.3 is 19.5 Å². The molecule has 0 spiro atoms. The van der Waals surface area contributed by atoms with Crippen LogP contribution in [-0.2, 0) is 9.53 Å². The van der Waals surface area contributed by atoms with Gasteiger partial charge in [-0.3, -0.25) is 4.79 Å². The van der Waals surface area contributed by atoms with Gasteiger partial charge in [0.1, 0.15) is 12.6 Å². The summed E-state index contributed by atoms with van der Waals surface area (Å²) in [6.07, 6.45) is 2.60. The van der Waals surface area contributed by atoms with E-state index in [1.54, 1.807) is 11.8 Å². The summed E-state index contributed by atoms with van der Waals surface area (Å²) in [4.78, 5) is 30.2. The SMILES string of the molecule is CCOC(=O)CNC(=O)N1CCCCC1c1nc(-c2cccc(C)c2)no1. The van der Waals surface area contributed by atoms with Gasteiger partial charge in [0.25, 0.3) is 0 Å². The number of hydrogen-bond acceptors (Lipinski definition) is 6. The van der Waals surface area contributed by atoms with Crippen LogP contribution in [0, 0.1) is 6.92 Å². The lowest BCUT2D eigenvalue weighted by Gasteiger charge is -2.33. The largest absolute Gasteiger partial charge is 0.465 e. The van der Waals surface area contributed by atoms with Crippen molar-refractivity contribution < 1.29 is 18.8 Å². The van der Waals surface area contributed by atoms with Crippen molar-refractivity contribution in [3.05, 3.63) is 35.7 Å². The van der Waals surface area contributed by atoms with Crippen LogP contribution in [0.25, 0.3) is 11.4 Å². The normalized spacial score (nSPS) is 16.8. The number of nitrogens with zero attached hydrogens (tertiary/aromatic N) is 3. The van der Waals surface area contributed by atoms with E-state index in [0.29, 0.717) is 18.3 Å². The Kier molecular flexibility index (Phi) is 6.05. The fraction of sp³-hybridized carbons (Fsp3) is 0.474. The van der Waals surface area contributed by atoms with Crippen LogP contribution in [0.4, 0.5) is 4.79 Å². The number of urea groups is 1. The molecule has 0 bridgehead atoms. The van der Waals surface area contributed by atoms with E-state index < -0.39 is 5.97 Å². The fourth-order valence-corrected chi connectivity index (χ4v) is 3.16. The minimum atomic E-state index is -0.459. The molecule has 2 aromatic rings. The average Bonchev–Trinajstić information content (AvgIpc) is 3.16. The van der Waals surface area contributed by atoms with Crippen LogP contribution in [0.3, 0.4) is 0 Å². The third-order valence-electron chi connectivity index (χ3n) is 4.46. The zero-order valence-electron chi connectivity index (χ0n) is 15.6. The maximum absolute atomic E-state index is 12.5. The van der Waals surface area contributed by atoms with Gasteiger partial charge in [-0.1, -0.05) is 28.9 Å². The first-order chi connectivity index (χ1) is 13.1. The molecule has 1 aromatic heterocycles. The molecular formula is C19H24N4O4. The number of likely N-dealkylation sites (tertiary alicyclic amines) is 1. The smallest absolute Gasteiger partial charge is 0.325 e. The number of carbonyl (C=O) groups is 2. The zero-order chi connectivity index (χ0) is 19.2. The highest BCUT2D eigenvalue weighted by Crippen LogP contribution is 2.31. The first kappa shape index (κ1) is 18.9.